The molecule has 0 aromatic carbocycles. The standard InChI is InChI=1S/C23H49BO3/c1-11-13-14-19(12-2)16-21(6,7)26-17-23(10,24)22(8,9)27-18(3)15-20(4,5)25/h18-19,25H,11-17,24H2,1-10H3. The van der Waals surface area contributed by atoms with Crippen molar-refractivity contribution in [1.29, 1.82) is 0 Å². The van der Waals surface area contributed by atoms with Crippen LogP contribution in [0.1, 0.15) is 108 Å². The zero-order valence-electron chi connectivity index (χ0n) is 20.4. The molecule has 0 aliphatic carbocycles. The number of unbranched alkanes of at least 4 members (excludes halogenated alkanes) is 1. The number of aliphatic hydroxyl groups is 1. The molecule has 0 spiro atoms. The molecule has 0 radical (unpaired) electrons. The Morgan fingerprint density at radius 3 is 1.96 bits per heavy atom. The Balaban J connectivity index is 4.81. The molecule has 0 saturated heterocycles. The van der Waals surface area contributed by atoms with Gasteiger partial charge in [-0.1, -0.05) is 46.5 Å². The van der Waals surface area contributed by atoms with Gasteiger partial charge in [-0.25, -0.2) is 0 Å². The van der Waals surface area contributed by atoms with Crippen molar-refractivity contribution >= 4 is 7.85 Å². The van der Waals surface area contributed by atoms with Crippen LogP contribution in [-0.4, -0.2) is 42.5 Å². The molecule has 0 aromatic rings. The van der Waals surface area contributed by atoms with Crippen LogP contribution in [0.3, 0.4) is 0 Å². The first-order chi connectivity index (χ1) is 12.1. The van der Waals surface area contributed by atoms with Crippen molar-refractivity contribution in [3.8, 4) is 0 Å². The average Bonchev–Trinajstić information content (AvgIpc) is 2.46. The molecule has 0 amide bonds. The van der Waals surface area contributed by atoms with Gasteiger partial charge in [0.05, 0.1) is 22.9 Å². The van der Waals surface area contributed by atoms with E-state index < -0.39 is 5.60 Å². The summed E-state index contributed by atoms with van der Waals surface area (Å²) in [5.41, 5.74) is -1.19. The average molecular weight is 384 g/mol. The maximum absolute atomic E-state index is 10.1. The zero-order valence-corrected chi connectivity index (χ0v) is 20.4. The molecule has 3 unspecified atom stereocenters. The normalized spacial score (nSPS) is 18.2. The summed E-state index contributed by atoms with van der Waals surface area (Å²) >= 11 is 0. The lowest BCUT2D eigenvalue weighted by molar-refractivity contribution is -0.136. The van der Waals surface area contributed by atoms with E-state index in [0.29, 0.717) is 13.0 Å². The minimum atomic E-state index is -0.716. The summed E-state index contributed by atoms with van der Waals surface area (Å²) in [5, 5.41) is 9.93. The Labute approximate surface area is 171 Å². The lowest BCUT2D eigenvalue weighted by Crippen LogP contribution is -2.46. The minimum Gasteiger partial charge on any atom is -0.390 e. The number of hydrogen-bond donors (Lipinski definition) is 1. The second-order valence-electron chi connectivity index (χ2n) is 11.0. The van der Waals surface area contributed by atoms with Crippen LogP contribution >= 0.6 is 0 Å². The van der Waals surface area contributed by atoms with Crippen LogP contribution in [0.15, 0.2) is 0 Å². The highest BCUT2D eigenvalue weighted by Gasteiger charge is 2.41. The molecule has 162 valence electrons. The third kappa shape index (κ3) is 10.9. The van der Waals surface area contributed by atoms with Crippen LogP contribution < -0.4 is 0 Å². The van der Waals surface area contributed by atoms with E-state index in [1.54, 1.807) is 0 Å². The van der Waals surface area contributed by atoms with Crippen molar-refractivity contribution in [2.45, 2.75) is 136 Å². The summed E-state index contributed by atoms with van der Waals surface area (Å²) < 4.78 is 12.8. The summed E-state index contributed by atoms with van der Waals surface area (Å²) in [6.45, 7) is 21.9. The SMILES string of the molecule is BC(C)(COC(C)(C)CC(CC)CCCC)C(C)(C)OC(C)CC(C)(C)O. The fraction of sp³-hybridized carbons (Fsp3) is 1.00. The second kappa shape index (κ2) is 10.6. The van der Waals surface area contributed by atoms with Gasteiger partial charge in [-0.3, -0.25) is 0 Å². The molecule has 3 atom stereocenters. The van der Waals surface area contributed by atoms with Gasteiger partial charge in [-0.2, -0.15) is 0 Å². The molecule has 1 N–H and O–H groups in total. The van der Waals surface area contributed by atoms with Gasteiger partial charge < -0.3 is 14.6 Å². The Bertz CT molecular complexity index is 410. The van der Waals surface area contributed by atoms with Crippen LogP contribution in [0.5, 0.6) is 0 Å². The van der Waals surface area contributed by atoms with Crippen molar-refractivity contribution in [3.05, 3.63) is 0 Å². The highest BCUT2D eigenvalue weighted by atomic mass is 16.5. The highest BCUT2D eigenvalue weighted by molar-refractivity contribution is 6.16. The maximum Gasteiger partial charge on any atom is 0.115 e. The molecule has 0 aromatic heterocycles. The van der Waals surface area contributed by atoms with Gasteiger partial charge in [-0.05, 0) is 66.1 Å². The van der Waals surface area contributed by atoms with Crippen molar-refractivity contribution in [1.82, 2.24) is 0 Å². The van der Waals surface area contributed by atoms with Crippen molar-refractivity contribution in [2.24, 2.45) is 5.92 Å². The summed E-state index contributed by atoms with van der Waals surface area (Å²) in [7, 11) is 2.22. The summed E-state index contributed by atoms with van der Waals surface area (Å²) in [5.74, 6) is 0.735. The van der Waals surface area contributed by atoms with Crippen LogP contribution in [0.25, 0.3) is 0 Å². The monoisotopic (exact) mass is 384 g/mol. The van der Waals surface area contributed by atoms with Crippen molar-refractivity contribution < 1.29 is 14.6 Å². The quantitative estimate of drug-likeness (QED) is 0.399. The Hall–Kier alpha value is -0.0551. The van der Waals surface area contributed by atoms with Gasteiger partial charge in [0.1, 0.15) is 7.85 Å². The second-order valence-corrected chi connectivity index (χ2v) is 11.0. The van der Waals surface area contributed by atoms with E-state index in [1.807, 2.05) is 20.8 Å². The fourth-order valence-electron chi connectivity index (χ4n) is 3.65. The molecule has 27 heavy (non-hydrogen) atoms. The van der Waals surface area contributed by atoms with Crippen LogP contribution in [-0.2, 0) is 9.47 Å². The Morgan fingerprint density at radius 1 is 0.963 bits per heavy atom. The van der Waals surface area contributed by atoms with E-state index in [0.717, 1.165) is 12.3 Å². The predicted molar refractivity (Wildman–Crippen MR) is 120 cm³/mol. The van der Waals surface area contributed by atoms with E-state index >= 15 is 0 Å². The van der Waals surface area contributed by atoms with E-state index in [2.05, 4.69) is 56.3 Å². The van der Waals surface area contributed by atoms with E-state index in [9.17, 15) is 5.11 Å². The molecular weight excluding hydrogens is 335 g/mol. The lowest BCUT2D eigenvalue weighted by Gasteiger charge is -2.45. The largest absolute Gasteiger partial charge is 0.390 e. The van der Waals surface area contributed by atoms with E-state index in [-0.39, 0.29) is 22.6 Å². The molecule has 0 fully saturated rings. The summed E-state index contributed by atoms with van der Waals surface area (Å²) in [6.07, 6.45) is 6.81. The molecule has 0 heterocycles. The first kappa shape index (κ1) is 26.9. The molecule has 3 nitrogen and oxygen atoms in total. The molecule has 0 bridgehead atoms. The van der Waals surface area contributed by atoms with Gasteiger partial charge in [0, 0.05) is 13.0 Å². The van der Waals surface area contributed by atoms with E-state index in [1.165, 1.54) is 25.7 Å². The zero-order chi connectivity index (χ0) is 21.5. The van der Waals surface area contributed by atoms with Crippen molar-refractivity contribution in [2.75, 3.05) is 6.61 Å². The smallest absolute Gasteiger partial charge is 0.115 e. The Morgan fingerprint density at radius 2 is 1.52 bits per heavy atom. The molecule has 0 saturated carbocycles. The van der Waals surface area contributed by atoms with Crippen molar-refractivity contribution in [3.63, 3.8) is 0 Å². The molecular formula is C23H49BO3. The van der Waals surface area contributed by atoms with Gasteiger partial charge in [0.25, 0.3) is 0 Å². The molecule has 4 heteroatoms. The number of ether oxygens (including phenoxy) is 2. The fourth-order valence-corrected chi connectivity index (χ4v) is 3.65. The third-order valence-electron chi connectivity index (χ3n) is 6.06. The lowest BCUT2D eigenvalue weighted by atomic mass is 9.60. The van der Waals surface area contributed by atoms with Gasteiger partial charge >= 0.3 is 0 Å². The topological polar surface area (TPSA) is 38.7 Å². The van der Waals surface area contributed by atoms with Crippen LogP contribution in [0, 0.1) is 5.92 Å². The van der Waals surface area contributed by atoms with Crippen LogP contribution in [0.2, 0.25) is 5.31 Å². The first-order valence-corrected chi connectivity index (χ1v) is 11.1. The van der Waals surface area contributed by atoms with E-state index in [4.69, 9.17) is 9.47 Å². The Kier molecular flexibility index (Phi) is 10.6. The maximum atomic E-state index is 10.1. The summed E-state index contributed by atoms with van der Waals surface area (Å²) in [6, 6.07) is 0. The molecule has 0 rings (SSSR count). The minimum absolute atomic E-state index is 0.00852. The third-order valence-corrected chi connectivity index (χ3v) is 6.06. The van der Waals surface area contributed by atoms with Gasteiger partial charge in [-0.15, -0.1) is 0 Å². The first-order valence-electron chi connectivity index (χ1n) is 11.1. The predicted octanol–water partition coefficient (Wildman–Crippen LogP) is 5.54. The van der Waals surface area contributed by atoms with Crippen LogP contribution in [0.4, 0.5) is 0 Å². The van der Waals surface area contributed by atoms with Gasteiger partial charge in [0.15, 0.2) is 0 Å². The summed E-state index contributed by atoms with van der Waals surface area (Å²) in [4.78, 5) is 0. The highest BCUT2D eigenvalue weighted by Crippen LogP contribution is 2.41. The van der Waals surface area contributed by atoms with Gasteiger partial charge in [0.2, 0.25) is 0 Å². The molecule has 0 aliphatic rings. The number of rotatable bonds is 14. The molecule has 0 aliphatic heterocycles. The number of hydrogen-bond acceptors (Lipinski definition) is 3.